The summed E-state index contributed by atoms with van der Waals surface area (Å²) < 4.78 is 0. The number of hydrogen-bond donors (Lipinski definition) is 1. The van der Waals surface area contributed by atoms with E-state index in [-0.39, 0.29) is 23.7 Å². The second-order valence-electron chi connectivity index (χ2n) is 8.00. The summed E-state index contributed by atoms with van der Waals surface area (Å²) in [6.07, 6.45) is 7.02. The van der Waals surface area contributed by atoms with Crippen molar-refractivity contribution in [1.82, 2.24) is 15.4 Å². The molecule has 6 heteroatoms. The van der Waals surface area contributed by atoms with Crippen LogP contribution in [0, 0.1) is 11.8 Å². The number of nitrogens with one attached hydrogen (secondary N) is 1. The van der Waals surface area contributed by atoms with Gasteiger partial charge in [-0.05, 0) is 23.3 Å². The largest absolute Gasteiger partial charge is 0.272 e. The van der Waals surface area contributed by atoms with E-state index in [0.717, 1.165) is 16.1 Å². The monoisotopic (exact) mass is 423 g/mol. The Morgan fingerprint density at radius 3 is 1.66 bits per heavy atom. The number of fused-ring (bicyclic) bond motifs is 1. The molecule has 1 aromatic heterocycles. The SMILES string of the molecule is O=C(NN1C(=O)[C@@H]2[C@@H](C1=O)[C@@H](c1ccccc1)C=C[C@@H]2c1ccccc1)c1ccncc1. The molecule has 3 aromatic rings. The lowest BCUT2D eigenvalue weighted by Crippen LogP contribution is -2.46. The molecule has 2 heterocycles. The molecule has 0 radical (unpaired) electrons. The molecule has 1 fully saturated rings. The molecule has 3 amide bonds. The van der Waals surface area contributed by atoms with Crippen molar-refractivity contribution < 1.29 is 14.4 Å². The zero-order chi connectivity index (χ0) is 22.1. The Kier molecular flexibility index (Phi) is 5.11. The lowest BCUT2D eigenvalue weighted by atomic mass is 9.68. The Hall–Kier alpha value is -4.06. The Morgan fingerprint density at radius 1 is 0.719 bits per heavy atom. The highest BCUT2D eigenvalue weighted by Crippen LogP contribution is 2.48. The van der Waals surface area contributed by atoms with E-state index in [4.69, 9.17) is 0 Å². The summed E-state index contributed by atoms with van der Waals surface area (Å²) in [6, 6.07) is 22.5. The third-order valence-electron chi connectivity index (χ3n) is 6.22. The highest BCUT2D eigenvalue weighted by molar-refractivity contribution is 6.09. The molecule has 2 aliphatic rings. The molecule has 1 N–H and O–H groups in total. The number of benzene rings is 2. The van der Waals surface area contributed by atoms with E-state index in [0.29, 0.717) is 5.56 Å². The van der Waals surface area contributed by atoms with E-state index in [1.165, 1.54) is 24.5 Å². The van der Waals surface area contributed by atoms with E-state index in [1.807, 2.05) is 72.8 Å². The number of aromatic nitrogens is 1. The number of nitrogens with zero attached hydrogens (tertiary/aromatic N) is 2. The standard InChI is InChI=1S/C26H21N3O3/c30-24(19-13-15-27-16-14-19)28-29-25(31)22-20(17-7-3-1-4-8-17)11-12-21(23(22)26(29)32)18-9-5-2-6-10-18/h1-16,20-23H,(H,28,30)/t20-,21-,22+,23+/m1/s1. The van der Waals surface area contributed by atoms with Gasteiger partial charge in [-0.25, -0.2) is 0 Å². The summed E-state index contributed by atoms with van der Waals surface area (Å²) in [4.78, 5) is 43.6. The molecular weight excluding hydrogens is 402 g/mol. The van der Waals surface area contributed by atoms with Crippen LogP contribution in [0.3, 0.4) is 0 Å². The fourth-order valence-electron chi connectivity index (χ4n) is 4.71. The van der Waals surface area contributed by atoms with E-state index < -0.39 is 17.7 Å². The van der Waals surface area contributed by atoms with Crippen molar-refractivity contribution >= 4 is 17.7 Å². The molecule has 6 nitrogen and oxygen atoms in total. The zero-order valence-electron chi connectivity index (χ0n) is 17.2. The highest BCUT2D eigenvalue weighted by Gasteiger charge is 2.55. The van der Waals surface area contributed by atoms with Crippen LogP contribution in [0.2, 0.25) is 0 Å². The van der Waals surface area contributed by atoms with Crippen molar-refractivity contribution in [2.24, 2.45) is 11.8 Å². The van der Waals surface area contributed by atoms with Crippen molar-refractivity contribution in [1.29, 1.82) is 0 Å². The molecule has 0 saturated carbocycles. The van der Waals surface area contributed by atoms with Crippen molar-refractivity contribution in [3.63, 3.8) is 0 Å². The topological polar surface area (TPSA) is 79.4 Å². The molecule has 0 unspecified atom stereocenters. The number of rotatable bonds is 4. The summed E-state index contributed by atoms with van der Waals surface area (Å²) >= 11 is 0. The summed E-state index contributed by atoms with van der Waals surface area (Å²) in [6.45, 7) is 0. The predicted octanol–water partition coefficient (Wildman–Crippen LogP) is 3.47. The number of pyridine rings is 1. The van der Waals surface area contributed by atoms with Gasteiger partial charge in [-0.3, -0.25) is 24.8 Å². The smallest absolute Gasteiger partial charge is 0.270 e. The van der Waals surface area contributed by atoms with Gasteiger partial charge in [-0.1, -0.05) is 72.8 Å². The number of carbonyl (C=O) groups excluding carboxylic acids is 3. The molecule has 2 aromatic carbocycles. The Morgan fingerprint density at radius 2 is 1.19 bits per heavy atom. The average molecular weight is 423 g/mol. The van der Waals surface area contributed by atoms with Gasteiger partial charge >= 0.3 is 0 Å². The first-order chi connectivity index (χ1) is 15.6. The van der Waals surface area contributed by atoms with Gasteiger partial charge < -0.3 is 0 Å². The zero-order valence-corrected chi connectivity index (χ0v) is 17.2. The van der Waals surface area contributed by atoms with Crippen molar-refractivity contribution in [2.75, 3.05) is 0 Å². The molecular formula is C26H21N3O3. The number of hydrazine groups is 1. The Balaban J connectivity index is 1.53. The maximum atomic E-state index is 13.5. The molecule has 32 heavy (non-hydrogen) atoms. The molecule has 1 aliphatic heterocycles. The van der Waals surface area contributed by atoms with Gasteiger partial charge in [0.1, 0.15) is 0 Å². The third-order valence-corrected chi connectivity index (χ3v) is 6.22. The minimum Gasteiger partial charge on any atom is -0.272 e. The second-order valence-corrected chi connectivity index (χ2v) is 8.00. The normalized spacial score (nSPS) is 24.3. The number of imide groups is 1. The minimum atomic E-state index is -0.599. The van der Waals surface area contributed by atoms with Crippen LogP contribution in [0.1, 0.15) is 33.3 Å². The van der Waals surface area contributed by atoms with Gasteiger partial charge in [0.15, 0.2) is 0 Å². The van der Waals surface area contributed by atoms with Crippen LogP contribution in [0.15, 0.2) is 97.3 Å². The Labute approximate surface area is 185 Å². The predicted molar refractivity (Wildman–Crippen MR) is 118 cm³/mol. The van der Waals surface area contributed by atoms with Gasteiger partial charge in [0.05, 0.1) is 11.8 Å². The average Bonchev–Trinajstić information content (AvgIpc) is 3.10. The number of allylic oxidation sites excluding steroid dienone is 2. The minimum absolute atomic E-state index is 0.250. The van der Waals surface area contributed by atoms with Gasteiger partial charge in [0, 0.05) is 29.8 Å². The maximum Gasteiger partial charge on any atom is 0.270 e. The second kappa shape index (κ2) is 8.23. The summed E-state index contributed by atoms with van der Waals surface area (Å²) in [5.41, 5.74) is 4.79. The van der Waals surface area contributed by atoms with E-state index in [9.17, 15) is 14.4 Å². The number of carbonyl (C=O) groups is 3. The first kappa shape index (κ1) is 19.9. The van der Waals surface area contributed by atoms with Crippen molar-refractivity contribution in [3.8, 4) is 0 Å². The van der Waals surface area contributed by atoms with Gasteiger partial charge in [0.2, 0.25) is 0 Å². The van der Waals surface area contributed by atoms with Crippen molar-refractivity contribution in [2.45, 2.75) is 11.8 Å². The molecule has 0 spiro atoms. The summed E-state index contributed by atoms with van der Waals surface area (Å²) in [5, 5.41) is 0.914. The molecule has 158 valence electrons. The highest BCUT2D eigenvalue weighted by atomic mass is 16.2. The maximum absolute atomic E-state index is 13.5. The van der Waals surface area contributed by atoms with E-state index in [2.05, 4.69) is 10.4 Å². The van der Waals surface area contributed by atoms with Crippen LogP contribution >= 0.6 is 0 Å². The van der Waals surface area contributed by atoms with Crippen LogP contribution in [0.4, 0.5) is 0 Å². The molecule has 1 saturated heterocycles. The van der Waals surface area contributed by atoms with Crippen LogP contribution in [0.25, 0.3) is 0 Å². The number of amides is 3. The fourth-order valence-corrected chi connectivity index (χ4v) is 4.71. The van der Waals surface area contributed by atoms with Crippen molar-refractivity contribution in [3.05, 3.63) is 114 Å². The summed E-state index contributed by atoms with van der Waals surface area (Å²) in [7, 11) is 0. The third kappa shape index (κ3) is 3.39. The first-order valence-electron chi connectivity index (χ1n) is 10.5. The molecule has 0 bridgehead atoms. The first-order valence-corrected chi connectivity index (χ1v) is 10.5. The van der Waals surface area contributed by atoms with E-state index >= 15 is 0 Å². The summed E-state index contributed by atoms with van der Waals surface area (Å²) in [5.74, 6) is -2.99. The molecule has 5 rings (SSSR count). The lowest BCUT2D eigenvalue weighted by molar-refractivity contribution is -0.142. The molecule has 1 aliphatic carbocycles. The fraction of sp³-hybridized carbons (Fsp3) is 0.154. The van der Waals surface area contributed by atoms with Crippen LogP contribution in [-0.2, 0) is 9.59 Å². The Bertz CT molecular complexity index is 1110. The van der Waals surface area contributed by atoms with Crippen LogP contribution in [-0.4, -0.2) is 27.7 Å². The van der Waals surface area contributed by atoms with Gasteiger partial charge in [0.25, 0.3) is 17.7 Å². The lowest BCUT2D eigenvalue weighted by Gasteiger charge is -2.32. The van der Waals surface area contributed by atoms with Gasteiger partial charge in [-0.2, -0.15) is 5.01 Å². The number of hydrogen-bond acceptors (Lipinski definition) is 4. The molecule has 4 atom stereocenters. The van der Waals surface area contributed by atoms with Crippen LogP contribution < -0.4 is 5.43 Å². The van der Waals surface area contributed by atoms with Gasteiger partial charge in [-0.15, -0.1) is 0 Å². The van der Waals surface area contributed by atoms with Crippen LogP contribution in [0.5, 0.6) is 0 Å². The quantitative estimate of drug-likeness (QED) is 0.515. The van der Waals surface area contributed by atoms with E-state index in [1.54, 1.807) is 0 Å².